The minimum Gasteiger partial charge on any atom is -0.449 e. The molecule has 1 aromatic carbocycles. The third-order valence-corrected chi connectivity index (χ3v) is 2.53. The number of hydrogen-bond donors (Lipinski definition) is 0. The molecule has 0 saturated heterocycles. The van der Waals surface area contributed by atoms with Crippen LogP contribution in [-0.2, 0) is 0 Å². The summed E-state index contributed by atoms with van der Waals surface area (Å²) in [5.41, 5.74) is 0.291. The second-order valence-corrected chi connectivity index (χ2v) is 3.69. The number of furan rings is 1. The summed E-state index contributed by atoms with van der Waals surface area (Å²) >= 11 is 0. The van der Waals surface area contributed by atoms with Crippen molar-refractivity contribution in [3.8, 4) is 0 Å². The molecule has 88 valence electrons. The van der Waals surface area contributed by atoms with Crippen LogP contribution in [-0.4, -0.2) is 15.8 Å². The molecule has 3 rings (SSSR count). The molecule has 5 heteroatoms. The first-order chi connectivity index (χ1) is 8.75. The maximum Gasteiger partial charge on any atom is 0.246 e. The second kappa shape index (κ2) is 4.03. The van der Waals surface area contributed by atoms with E-state index in [1.807, 2.05) is 0 Å². The van der Waals surface area contributed by atoms with E-state index in [0.717, 1.165) is 0 Å². The van der Waals surface area contributed by atoms with Gasteiger partial charge in [-0.25, -0.2) is 14.4 Å². The molecule has 0 saturated carbocycles. The van der Waals surface area contributed by atoms with E-state index >= 15 is 0 Å². The molecular formula is C13H7FN2O2. The van der Waals surface area contributed by atoms with Crippen molar-refractivity contribution in [2.75, 3.05) is 0 Å². The molecule has 0 aliphatic carbocycles. The van der Waals surface area contributed by atoms with Crippen LogP contribution < -0.4 is 0 Å². The van der Waals surface area contributed by atoms with E-state index in [2.05, 4.69) is 9.97 Å². The van der Waals surface area contributed by atoms with Gasteiger partial charge in [-0.2, -0.15) is 0 Å². The van der Waals surface area contributed by atoms with E-state index in [1.54, 1.807) is 12.1 Å². The Kier molecular flexibility index (Phi) is 2.37. The molecule has 0 aliphatic rings. The molecule has 18 heavy (non-hydrogen) atoms. The molecule has 3 aromatic rings. The van der Waals surface area contributed by atoms with E-state index in [-0.39, 0.29) is 17.0 Å². The van der Waals surface area contributed by atoms with Gasteiger partial charge in [-0.1, -0.05) is 12.1 Å². The van der Waals surface area contributed by atoms with Gasteiger partial charge in [0.25, 0.3) is 0 Å². The number of para-hydroxylation sites is 1. The fourth-order valence-corrected chi connectivity index (χ4v) is 1.69. The standard InChI is InChI=1S/C13H7FN2O2/c14-9-3-1-2-8-6-11(18-13(8)9)12(17)10-4-5-15-7-16-10/h1-7H. The maximum atomic E-state index is 13.4. The molecule has 0 atom stereocenters. The van der Waals surface area contributed by atoms with Crippen molar-refractivity contribution in [2.24, 2.45) is 0 Å². The highest BCUT2D eigenvalue weighted by Crippen LogP contribution is 2.23. The molecule has 0 aliphatic heterocycles. The summed E-state index contributed by atoms with van der Waals surface area (Å²) in [4.78, 5) is 19.6. The van der Waals surface area contributed by atoms with E-state index in [0.29, 0.717) is 5.39 Å². The van der Waals surface area contributed by atoms with Gasteiger partial charge in [0.15, 0.2) is 17.2 Å². The monoisotopic (exact) mass is 242 g/mol. The number of fused-ring (bicyclic) bond motifs is 1. The van der Waals surface area contributed by atoms with E-state index < -0.39 is 11.6 Å². The van der Waals surface area contributed by atoms with Crippen LogP contribution in [0.25, 0.3) is 11.0 Å². The number of benzene rings is 1. The number of rotatable bonds is 2. The number of aromatic nitrogens is 2. The largest absolute Gasteiger partial charge is 0.449 e. The number of nitrogens with zero attached hydrogens (tertiary/aromatic N) is 2. The first kappa shape index (κ1) is 10.6. The van der Waals surface area contributed by atoms with Crippen LogP contribution in [0.2, 0.25) is 0 Å². The summed E-state index contributed by atoms with van der Waals surface area (Å²) in [7, 11) is 0. The summed E-state index contributed by atoms with van der Waals surface area (Å²) in [5, 5.41) is 0.549. The van der Waals surface area contributed by atoms with Crippen molar-refractivity contribution in [3.63, 3.8) is 0 Å². The van der Waals surface area contributed by atoms with Crippen molar-refractivity contribution in [2.45, 2.75) is 0 Å². The van der Waals surface area contributed by atoms with E-state index in [1.165, 1.54) is 30.7 Å². The van der Waals surface area contributed by atoms with Crippen molar-refractivity contribution >= 4 is 16.8 Å². The lowest BCUT2D eigenvalue weighted by atomic mass is 10.2. The third kappa shape index (κ3) is 1.66. The summed E-state index contributed by atoms with van der Waals surface area (Å²) in [6.07, 6.45) is 2.74. The Hall–Kier alpha value is -2.56. The first-order valence-corrected chi connectivity index (χ1v) is 5.24. The molecule has 4 nitrogen and oxygen atoms in total. The second-order valence-electron chi connectivity index (χ2n) is 3.69. The van der Waals surface area contributed by atoms with Gasteiger partial charge in [0.2, 0.25) is 5.78 Å². The smallest absolute Gasteiger partial charge is 0.246 e. The molecule has 2 aromatic heterocycles. The normalized spacial score (nSPS) is 10.7. The minimum atomic E-state index is -0.491. The van der Waals surface area contributed by atoms with E-state index in [4.69, 9.17) is 4.42 Å². The highest BCUT2D eigenvalue weighted by atomic mass is 19.1. The molecule has 0 amide bonds. The van der Waals surface area contributed by atoms with Gasteiger partial charge in [-0.15, -0.1) is 0 Å². The summed E-state index contributed by atoms with van der Waals surface area (Å²) in [5.74, 6) is -0.823. The molecule has 0 bridgehead atoms. The van der Waals surface area contributed by atoms with Gasteiger partial charge < -0.3 is 4.42 Å². The van der Waals surface area contributed by atoms with Crippen LogP contribution in [0.4, 0.5) is 4.39 Å². The number of halogens is 1. The Balaban J connectivity index is 2.10. The number of hydrogen-bond acceptors (Lipinski definition) is 4. The van der Waals surface area contributed by atoms with Crippen molar-refractivity contribution in [1.82, 2.24) is 9.97 Å². The van der Waals surface area contributed by atoms with Crippen LogP contribution in [0.5, 0.6) is 0 Å². The number of carbonyl (C=O) groups excluding carboxylic acids is 1. The fraction of sp³-hybridized carbons (Fsp3) is 0. The maximum absolute atomic E-state index is 13.4. The summed E-state index contributed by atoms with van der Waals surface area (Å²) in [6.45, 7) is 0. The SMILES string of the molecule is O=C(c1ccncn1)c1cc2cccc(F)c2o1. The molecule has 2 heterocycles. The van der Waals surface area contributed by atoms with Gasteiger partial charge in [0.05, 0.1) is 0 Å². The molecule has 0 fully saturated rings. The Morgan fingerprint density at radius 1 is 1.28 bits per heavy atom. The van der Waals surface area contributed by atoms with Crippen LogP contribution >= 0.6 is 0 Å². The summed E-state index contributed by atoms with van der Waals surface area (Å²) in [6, 6.07) is 7.50. The van der Waals surface area contributed by atoms with Crippen LogP contribution in [0.15, 0.2) is 47.3 Å². The number of ketones is 1. The molecule has 0 radical (unpaired) electrons. The Labute approximate surface area is 101 Å². The number of carbonyl (C=O) groups is 1. The third-order valence-electron chi connectivity index (χ3n) is 2.53. The Morgan fingerprint density at radius 2 is 2.17 bits per heavy atom. The Morgan fingerprint density at radius 3 is 2.89 bits per heavy atom. The topological polar surface area (TPSA) is 56.0 Å². The first-order valence-electron chi connectivity index (χ1n) is 5.24. The van der Waals surface area contributed by atoms with Gasteiger partial charge in [0, 0.05) is 11.6 Å². The summed E-state index contributed by atoms with van der Waals surface area (Å²) < 4.78 is 18.7. The highest BCUT2D eigenvalue weighted by molar-refractivity contribution is 6.07. The zero-order chi connectivity index (χ0) is 12.5. The zero-order valence-corrected chi connectivity index (χ0v) is 9.13. The van der Waals surface area contributed by atoms with Crippen LogP contribution in [0.3, 0.4) is 0 Å². The molecular weight excluding hydrogens is 235 g/mol. The fourth-order valence-electron chi connectivity index (χ4n) is 1.69. The predicted molar refractivity (Wildman–Crippen MR) is 61.6 cm³/mol. The van der Waals surface area contributed by atoms with Crippen LogP contribution in [0.1, 0.15) is 16.2 Å². The van der Waals surface area contributed by atoms with Crippen molar-refractivity contribution in [1.29, 1.82) is 0 Å². The molecule has 0 unspecified atom stereocenters. The average Bonchev–Trinajstić information content (AvgIpc) is 2.84. The highest BCUT2D eigenvalue weighted by Gasteiger charge is 2.16. The van der Waals surface area contributed by atoms with Gasteiger partial charge >= 0.3 is 0 Å². The van der Waals surface area contributed by atoms with Crippen molar-refractivity contribution < 1.29 is 13.6 Å². The predicted octanol–water partition coefficient (Wildman–Crippen LogP) is 2.59. The van der Waals surface area contributed by atoms with Gasteiger partial charge in [-0.05, 0) is 18.2 Å². The van der Waals surface area contributed by atoms with Gasteiger partial charge in [-0.3, -0.25) is 4.79 Å². The van der Waals surface area contributed by atoms with Gasteiger partial charge in [0.1, 0.15) is 12.0 Å². The zero-order valence-electron chi connectivity index (χ0n) is 9.13. The average molecular weight is 242 g/mol. The lowest BCUT2D eigenvalue weighted by Crippen LogP contribution is -2.02. The van der Waals surface area contributed by atoms with E-state index in [9.17, 15) is 9.18 Å². The van der Waals surface area contributed by atoms with Crippen molar-refractivity contribution in [3.05, 3.63) is 60.1 Å². The lowest BCUT2D eigenvalue weighted by molar-refractivity contribution is 0.101. The van der Waals surface area contributed by atoms with Crippen LogP contribution in [0, 0.1) is 5.82 Å². The molecule has 0 N–H and O–H groups in total. The minimum absolute atomic E-state index is 0.0637. The quantitative estimate of drug-likeness (QED) is 0.648. The Bertz CT molecular complexity index is 722. The lowest BCUT2D eigenvalue weighted by Gasteiger charge is -1.94. The molecule has 0 spiro atoms.